The molecule has 1 saturated heterocycles. The number of ketones is 1. The summed E-state index contributed by atoms with van der Waals surface area (Å²) in [5.41, 5.74) is -0.0631. The molecule has 5 aliphatic rings. The summed E-state index contributed by atoms with van der Waals surface area (Å²) in [5.74, 6) is 2.99. The Bertz CT molecular complexity index is 393. The summed E-state index contributed by atoms with van der Waals surface area (Å²) in [4.78, 5) is 26.5. The molecule has 5 fully saturated rings. The second-order valence-electron chi connectivity index (χ2n) is 7.57. The minimum Gasteiger partial charge on any atom is -0.335 e. The molecule has 4 aliphatic carbocycles. The molecule has 4 saturated carbocycles. The lowest BCUT2D eigenvalue weighted by Crippen LogP contribution is -2.56. The summed E-state index contributed by atoms with van der Waals surface area (Å²) in [6, 6.07) is 0. The van der Waals surface area contributed by atoms with Gasteiger partial charge < -0.3 is 4.90 Å². The lowest BCUT2D eigenvalue weighted by Gasteiger charge is -2.56. The first kappa shape index (κ1) is 11.9. The lowest BCUT2D eigenvalue weighted by atomic mass is 9.49. The predicted molar refractivity (Wildman–Crippen MR) is 71.4 cm³/mol. The van der Waals surface area contributed by atoms with Crippen LogP contribution in [0.5, 0.6) is 0 Å². The van der Waals surface area contributed by atoms with Crippen molar-refractivity contribution in [3.8, 4) is 0 Å². The van der Waals surface area contributed by atoms with Gasteiger partial charge in [0.15, 0.2) is 5.78 Å². The Morgan fingerprint density at radius 1 is 1.05 bits per heavy atom. The molecule has 0 radical (unpaired) electrons. The van der Waals surface area contributed by atoms with Gasteiger partial charge >= 0.3 is 0 Å². The summed E-state index contributed by atoms with van der Waals surface area (Å²) in [5, 5.41) is 0. The SMILES string of the molecule is O=C1CCCN(C(=O)C23CC4CC(CC(C4)C2)C3)C1. The fourth-order valence-electron chi connectivity index (χ4n) is 5.72. The average molecular weight is 261 g/mol. The lowest BCUT2D eigenvalue weighted by molar-refractivity contribution is -0.160. The van der Waals surface area contributed by atoms with Crippen LogP contribution in [-0.4, -0.2) is 29.7 Å². The van der Waals surface area contributed by atoms with Crippen molar-refractivity contribution in [1.29, 1.82) is 0 Å². The highest BCUT2D eigenvalue weighted by Gasteiger charge is 2.55. The summed E-state index contributed by atoms with van der Waals surface area (Å²) in [7, 11) is 0. The monoisotopic (exact) mass is 261 g/mol. The van der Waals surface area contributed by atoms with Crippen molar-refractivity contribution in [3.05, 3.63) is 0 Å². The standard InChI is InChI=1S/C16H23NO2/c18-14-2-1-3-17(10-14)15(19)16-7-11-4-12(8-16)6-13(5-11)9-16/h11-13H,1-10H2. The van der Waals surface area contributed by atoms with Gasteiger partial charge in [-0.25, -0.2) is 0 Å². The normalized spacial score (nSPS) is 44.7. The van der Waals surface area contributed by atoms with Crippen LogP contribution in [0, 0.1) is 23.2 Å². The maximum atomic E-state index is 13.0. The molecule has 1 aliphatic heterocycles. The Morgan fingerprint density at radius 3 is 2.16 bits per heavy atom. The minimum absolute atomic E-state index is 0.0631. The van der Waals surface area contributed by atoms with Crippen molar-refractivity contribution in [2.75, 3.05) is 13.1 Å². The molecule has 3 heteroatoms. The van der Waals surface area contributed by atoms with E-state index in [2.05, 4.69) is 0 Å². The number of hydrogen-bond acceptors (Lipinski definition) is 2. The third-order valence-corrected chi connectivity index (χ3v) is 6.03. The van der Waals surface area contributed by atoms with Crippen LogP contribution in [-0.2, 0) is 9.59 Å². The molecular weight excluding hydrogens is 238 g/mol. The highest BCUT2D eigenvalue weighted by atomic mass is 16.2. The van der Waals surface area contributed by atoms with E-state index in [1.54, 1.807) is 0 Å². The van der Waals surface area contributed by atoms with E-state index in [1.807, 2.05) is 4.90 Å². The van der Waals surface area contributed by atoms with E-state index in [0.29, 0.717) is 18.9 Å². The summed E-state index contributed by atoms with van der Waals surface area (Å²) >= 11 is 0. The van der Waals surface area contributed by atoms with Crippen LogP contribution >= 0.6 is 0 Å². The smallest absolute Gasteiger partial charge is 0.229 e. The second kappa shape index (κ2) is 4.07. The Hall–Kier alpha value is -0.860. The molecule has 104 valence electrons. The van der Waals surface area contributed by atoms with Gasteiger partial charge in [0.2, 0.25) is 5.91 Å². The van der Waals surface area contributed by atoms with E-state index in [-0.39, 0.29) is 11.2 Å². The molecule has 0 unspecified atom stereocenters. The van der Waals surface area contributed by atoms with Crippen LogP contribution < -0.4 is 0 Å². The average Bonchev–Trinajstić information content (AvgIpc) is 2.36. The predicted octanol–water partition coefficient (Wildman–Crippen LogP) is 2.39. The van der Waals surface area contributed by atoms with Gasteiger partial charge in [-0.05, 0) is 62.7 Å². The molecule has 0 aromatic rings. The van der Waals surface area contributed by atoms with Gasteiger partial charge in [-0.3, -0.25) is 9.59 Å². The molecule has 0 aromatic carbocycles. The molecule has 0 aromatic heterocycles. The number of amides is 1. The van der Waals surface area contributed by atoms with Gasteiger partial charge in [0, 0.05) is 13.0 Å². The maximum absolute atomic E-state index is 13.0. The molecule has 1 amide bonds. The molecule has 0 spiro atoms. The minimum atomic E-state index is -0.0631. The number of carbonyl (C=O) groups excluding carboxylic acids is 2. The van der Waals surface area contributed by atoms with Crippen molar-refractivity contribution in [2.45, 2.75) is 51.4 Å². The molecule has 19 heavy (non-hydrogen) atoms. The van der Waals surface area contributed by atoms with E-state index in [4.69, 9.17) is 0 Å². The molecular formula is C16H23NO2. The molecule has 0 N–H and O–H groups in total. The number of hydrogen-bond donors (Lipinski definition) is 0. The van der Waals surface area contributed by atoms with Gasteiger partial charge in [0.05, 0.1) is 12.0 Å². The quantitative estimate of drug-likeness (QED) is 0.727. The van der Waals surface area contributed by atoms with Crippen molar-refractivity contribution in [2.24, 2.45) is 23.2 Å². The van der Waals surface area contributed by atoms with E-state index < -0.39 is 0 Å². The number of piperidine rings is 1. The Labute approximate surface area is 114 Å². The van der Waals surface area contributed by atoms with Crippen molar-refractivity contribution in [3.63, 3.8) is 0 Å². The number of Topliss-reactive ketones (excluding diaryl/α,β-unsaturated/α-hetero) is 1. The van der Waals surface area contributed by atoms with Gasteiger partial charge in [0.1, 0.15) is 0 Å². The molecule has 0 atom stereocenters. The van der Waals surface area contributed by atoms with E-state index >= 15 is 0 Å². The Kier molecular flexibility index (Phi) is 2.55. The molecule has 3 nitrogen and oxygen atoms in total. The number of rotatable bonds is 1. The number of nitrogens with zero attached hydrogens (tertiary/aromatic N) is 1. The van der Waals surface area contributed by atoms with Crippen LogP contribution in [0.1, 0.15) is 51.4 Å². The maximum Gasteiger partial charge on any atom is 0.229 e. The largest absolute Gasteiger partial charge is 0.335 e. The van der Waals surface area contributed by atoms with Crippen LogP contribution in [0.2, 0.25) is 0 Å². The van der Waals surface area contributed by atoms with Crippen molar-refractivity contribution in [1.82, 2.24) is 4.90 Å². The Morgan fingerprint density at radius 2 is 1.63 bits per heavy atom. The van der Waals surface area contributed by atoms with E-state index in [9.17, 15) is 9.59 Å². The Balaban J connectivity index is 1.57. The summed E-state index contributed by atoms with van der Waals surface area (Å²) in [6.07, 6.45) is 8.98. The highest BCUT2D eigenvalue weighted by molar-refractivity contribution is 5.90. The van der Waals surface area contributed by atoms with Crippen LogP contribution in [0.25, 0.3) is 0 Å². The van der Waals surface area contributed by atoms with Gasteiger partial charge in [-0.2, -0.15) is 0 Å². The third kappa shape index (κ3) is 1.85. The molecule has 1 heterocycles. The topological polar surface area (TPSA) is 37.4 Å². The van der Waals surface area contributed by atoms with E-state index in [0.717, 1.165) is 50.0 Å². The zero-order valence-corrected chi connectivity index (χ0v) is 11.6. The van der Waals surface area contributed by atoms with Crippen LogP contribution in [0.15, 0.2) is 0 Å². The number of likely N-dealkylation sites (tertiary alicyclic amines) is 1. The fraction of sp³-hybridized carbons (Fsp3) is 0.875. The van der Waals surface area contributed by atoms with Crippen molar-refractivity contribution < 1.29 is 9.59 Å². The molecule has 4 bridgehead atoms. The van der Waals surface area contributed by atoms with Crippen molar-refractivity contribution >= 4 is 11.7 Å². The highest BCUT2D eigenvalue weighted by Crippen LogP contribution is 2.60. The van der Waals surface area contributed by atoms with Crippen LogP contribution in [0.3, 0.4) is 0 Å². The fourth-order valence-corrected chi connectivity index (χ4v) is 5.72. The first-order valence-electron chi connectivity index (χ1n) is 7.96. The zero-order valence-electron chi connectivity index (χ0n) is 11.6. The number of carbonyl (C=O) groups is 2. The first-order chi connectivity index (χ1) is 9.14. The zero-order chi connectivity index (χ0) is 13.0. The summed E-state index contributed by atoms with van der Waals surface area (Å²) < 4.78 is 0. The van der Waals surface area contributed by atoms with Gasteiger partial charge in [0.25, 0.3) is 0 Å². The molecule has 5 rings (SSSR count). The van der Waals surface area contributed by atoms with E-state index in [1.165, 1.54) is 19.3 Å². The first-order valence-corrected chi connectivity index (χ1v) is 7.96. The van der Waals surface area contributed by atoms with Gasteiger partial charge in [-0.1, -0.05) is 0 Å². The second-order valence-corrected chi connectivity index (χ2v) is 7.57. The van der Waals surface area contributed by atoms with Crippen LogP contribution in [0.4, 0.5) is 0 Å². The van der Waals surface area contributed by atoms with Gasteiger partial charge in [-0.15, -0.1) is 0 Å². The summed E-state index contributed by atoms with van der Waals surface area (Å²) in [6.45, 7) is 1.20. The third-order valence-electron chi connectivity index (χ3n) is 6.03.